The number of nitrogens with two attached hydrogens (primary N) is 1. The molecule has 0 radical (unpaired) electrons. The fraction of sp³-hybridized carbons (Fsp3) is 0.897. The fourth-order valence-corrected chi connectivity index (χ4v) is 4.08. The van der Waals surface area contributed by atoms with Crippen molar-refractivity contribution in [2.45, 2.75) is 149 Å². The summed E-state index contributed by atoms with van der Waals surface area (Å²) in [7, 11) is 0. The van der Waals surface area contributed by atoms with E-state index in [2.05, 4.69) is 16.0 Å². The first-order valence-corrected chi connectivity index (χ1v) is 14.5. The van der Waals surface area contributed by atoms with E-state index in [9.17, 15) is 14.4 Å². The second-order valence-corrected chi connectivity index (χ2v) is 13.3. The quantitative estimate of drug-likeness (QED) is 0.131. The van der Waals surface area contributed by atoms with Gasteiger partial charge in [0.15, 0.2) is 0 Å². The van der Waals surface area contributed by atoms with E-state index in [-0.39, 0.29) is 0 Å². The average molecular weight is 559 g/mol. The number of amides is 3. The van der Waals surface area contributed by atoms with E-state index in [1.54, 1.807) is 0 Å². The molecule has 0 fully saturated rings. The monoisotopic (exact) mass is 558 g/mol. The van der Waals surface area contributed by atoms with Crippen LogP contribution in [0.15, 0.2) is 0 Å². The van der Waals surface area contributed by atoms with Crippen LogP contribution in [0.5, 0.6) is 0 Å². The first-order chi connectivity index (χ1) is 17.9. The summed E-state index contributed by atoms with van der Waals surface area (Å²) in [6, 6.07) is 0. The molecule has 0 aliphatic rings. The van der Waals surface area contributed by atoms with Crippen molar-refractivity contribution in [1.29, 1.82) is 0 Å². The highest BCUT2D eigenvalue weighted by molar-refractivity contribution is 5.69. The maximum atomic E-state index is 12.9. The summed E-state index contributed by atoms with van der Waals surface area (Å²) in [6.45, 7) is 18.0. The molecule has 0 saturated heterocycles. The van der Waals surface area contributed by atoms with Gasteiger partial charge in [-0.15, -0.1) is 0 Å². The van der Waals surface area contributed by atoms with Crippen molar-refractivity contribution in [3.8, 4) is 0 Å². The Morgan fingerprint density at radius 2 is 0.897 bits per heavy atom. The van der Waals surface area contributed by atoms with Gasteiger partial charge in [0, 0.05) is 18.6 Å². The van der Waals surface area contributed by atoms with E-state index in [0.29, 0.717) is 45.3 Å². The van der Waals surface area contributed by atoms with E-state index in [1.807, 2.05) is 62.3 Å². The normalized spacial score (nSPS) is 12.5. The van der Waals surface area contributed by atoms with Crippen LogP contribution in [-0.4, -0.2) is 60.3 Å². The standard InChI is InChI=1S/C29H58N4O6/c1-26(2,3)37-23(34)31-21-15-18-29(17-13-11-10-12-14-20-30,33-25(36)39-28(7,8)9)19-16-22-32-24(35)38-27(4,5)6/h10-22,30H2,1-9H3,(H,31,34)(H,32,35)(H,33,36). The molecule has 5 N–H and O–H groups in total. The highest BCUT2D eigenvalue weighted by Crippen LogP contribution is 2.28. The molecule has 0 bridgehead atoms. The van der Waals surface area contributed by atoms with Gasteiger partial charge in [-0.1, -0.05) is 25.7 Å². The molecule has 0 rings (SSSR count). The van der Waals surface area contributed by atoms with Crippen LogP contribution in [0.2, 0.25) is 0 Å². The number of carbonyl (C=O) groups is 3. The van der Waals surface area contributed by atoms with Crippen LogP contribution in [0.4, 0.5) is 14.4 Å². The summed E-state index contributed by atoms with van der Waals surface area (Å²) in [5.74, 6) is 0. The number of hydrogen-bond acceptors (Lipinski definition) is 7. The maximum Gasteiger partial charge on any atom is 0.408 e. The van der Waals surface area contributed by atoms with E-state index in [4.69, 9.17) is 19.9 Å². The van der Waals surface area contributed by atoms with Gasteiger partial charge in [-0.25, -0.2) is 14.4 Å². The Morgan fingerprint density at radius 1 is 0.538 bits per heavy atom. The molecule has 3 amide bonds. The van der Waals surface area contributed by atoms with Crippen LogP contribution >= 0.6 is 0 Å². The van der Waals surface area contributed by atoms with E-state index < -0.39 is 40.6 Å². The molecule has 230 valence electrons. The van der Waals surface area contributed by atoms with Gasteiger partial charge in [0.2, 0.25) is 0 Å². The summed E-state index contributed by atoms with van der Waals surface area (Å²) in [6.07, 6.45) is 7.06. The molecule has 0 aliphatic carbocycles. The molecule has 0 aliphatic heterocycles. The van der Waals surface area contributed by atoms with Crippen molar-refractivity contribution >= 4 is 18.3 Å². The lowest BCUT2D eigenvalue weighted by Gasteiger charge is -2.36. The Labute approximate surface area is 237 Å². The van der Waals surface area contributed by atoms with Crippen LogP contribution in [0, 0.1) is 0 Å². The highest BCUT2D eigenvalue weighted by atomic mass is 16.6. The molecule has 10 nitrogen and oxygen atoms in total. The lowest BCUT2D eigenvalue weighted by Crippen LogP contribution is -2.51. The number of unbranched alkanes of at least 4 members (excludes halogenated alkanes) is 4. The Balaban J connectivity index is 5.42. The van der Waals surface area contributed by atoms with Crippen molar-refractivity contribution in [3.05, 3.63) is 0 Å². The van der Waals surface area contributed by atoms with E-state index >= 15 is 0 Å². The summed E-state index contributed by atoms with van der Waals surface area (Å²) in [5, 5.41) is 8.79. The maximum absolute atomic E-state index is 12.9. The highest BCUT2D eigenvalue weighted by Gasteiger charge is 2.33. The third-order valence-corrected chi connectivity index (χ3v) is 5.63. The minimum atomic E-state index is -0.630. The Morgan fingerprint density at radius 3 is 1.31 bits per heavy atom. The number of rotatable bonds is 16. The van der Waals surface area contributed by atoms with Crippen LogP contribution in [0.25, 0.3) is 0 Å². The van der Waals surface area contributed by atoms with Gasteiger partial charge in [-0.3, -0.25) is 0 Å². The zero-order valence-electron chi connectivity index (χ0n) is 26.2. The molecule has 0 aromatic heterocycles. The lowest BCUT2D eigenvalue weighted by atomic mass is 9.83. The van der Waals surface area contributed by atoms with Crippen molar-refractivity contribution in [1.82, 2.24) is 16.0 Å². The number of ether oxygens (including phenoxy) is 3. The smallest absolute Gasteiger partial charge is 0.408 e. The molecule has 0 spiro atoms. The summed E-state index contributed by atoms with van der Waals surface area (Å²) < 4.78 is 16.3. The van der Waals surface area contributed by atoms with Crippen molar-refractivity contribution in [3.63, 3.8) is 0 Å². The SMILES string of the molecule is CC(C)(C)OC(=O)NCCCC(CCCCCCCN)(CCCNC(=O)OC(C)(C)C)NC(=O)OC(C)(C)C. The summed E-state index contributed by atoms with van der Waals surface area (Å²) >= 11 is 0. The van der Waals surface area contributed by atoms with Gasteiger partial charge in [-0.05, 0) is 107 Å². The first kappa shape index (κ1) is 36.8. The molecular formula is C29H58N4O6. The van der Waals surface area contributed by atoms with Gasteiger partial charge < -0.3 is 35.9 Å². The zero-order chi connectivity index (χ0) is 30.2. The third-order valence-electron chi connectivity index (χ3n) is 5.63. The minimum absolute atomic E-state index is 0.416. The predicted molar refractivity (Wildman–Crippen MR) is 156 cm³/mol. The second-order valence-electron chi connectivity index (χ2n) is 13.3. The second kappa shape index (κ2) is 17.5. The number of nitrogens with one attached hydrogen (secondary N) is 3. The molecule has 0 atom stereocenters. The van der Waals surface area contributed by atoms with Crippen molar-refractivity contribution < 1.29 is 28.6 Å². The fourth-order valence-electron chi connectivity index (χ4n) is 4.08. The molecule has 10 heteroatoms. The van der Waals surface area contributed by atoms with E-state index in [1.165, 1.54) is 0 Å². The molecule has 39 heavy (non-hydrogen) atoms. The first-order valence-electron chi connectivity index (χ1n) is 14.5. The average Bonchev–Trinajstić information content (AvgIpc) is 2.73. The Hall–Kier alpha value is -2.23. The van der Waals surface area contributed by atoms with Crippen LogP contribution in [0.1, 0.15) is 127 Å². The van der Waals surface area contributed by atoms with Crippen LogP contribution < -0.4 is 21.7 Å². The Kier molecular flexibility index (Phi) is 16.5. The van der Waals surface area contributed by atoms with Gasteiger partial charge in [0.05, 0.1) is 0 Å². The van der Waals surface area contributed by atoms with Crippen molar-refractivity contribution in [2.75, 3.05) is 19.6 Å². The summed E-state index contributed by atoms with van der Waals surface area (Å²) in [5.41, 5.74) is 3.30. The molecule has 0 heterocycles. The molecular weight excluding hydrogens is 500 g/mol. The van der Waals surface area contributed by atoms with Crippen LogP contribution in [-0.2, 0) is 14.2 Å². The third kappa shape index (κ3) is 22.3. The predicted octanol–water partition coefficient (Wildman–Crippen LogP) is 6.16. The van der Waals surface area contributed by atoms with Crippen LogP contribution in [0.3, 0.4) is 0 Å². The summed E-state index contributed by atoms with van der Waals surface area (Å²) in [4.78, 5) is 37.1. The zero-order valence-corrected chi connectivity index (χ0v) is 26.2. The topological polar surface area (TPSA) is 141 Å². The van der Waals surface area contributed by atoms with Gasteiger partial charge in [0.1, 0.15) is 16.8 Å². The molecule has 0 aromatic rings. The number of carbonyl (C=O) groups excluding carboxylic acids is 3. The minimum Gasteiger partial charge on any atom is -0.444 e. The number of alkyl carbamates (subject to hydrolysis) is 3. The van der Waals surface area contributed by atoms with Gasteiger partial charge in [0.25, 0.3) is 0 Å². The van der Waals surface area contributed by atoms with Crippen molar-refractivity contribution in [2.24, 2.45) is 5.73 Å². The number of hydrogen-bond donors (Lipinski definition) is 4. The molecule has 0 saturated carbocycles. The van der Waals surface area contributed by atoms with Gasteiger partial charge in [-0.2, -0.15) is 0 Å². The van der Waals surface area contributed by atoms with E-state index in [0.717, 1.165) is 38.5 Å². The molecule has 0 aromatic carbocycles. The lowest BCUT2D eigenvalue weighted by molar-refractivity contribution is 0.0413. The van der Waals surface area contributed by atoms with Gasteiger partial charge >= 0.3 is 18.3 Å². The Bertz CT molecular complexity index is 687. The largest absolute Gasteiger partial charge is 0.444 e. The molecule has 0 unspecified atom stereocenters.